The van der Waals surface area contributed by atoms with Crippen LogP contribution < -0.4 is 9.27 Å². The summed E-state index contributed by atoms with van der Waals surface area (Å²) in [7, 11) is 0. The number of nitrogens with zero attached hydrogens (tertiary/aromatic N) is 1. The highest BCUT2D eigenvalue weighted by Crippen LogP contribution is 2.02. The molecule has 0 aliphatic heterocycles. The average molecular weight is 211 g/mol. The minimum absolute atomic E-state index is 0. The van der Waals surface area contributed by atoms with E-state index in [-0.39, 0.29) is 4.70 Å². The van der Waals surface area contributed by atoms with Gasteiger partial charge in [0.05, 0.1) is 0 Å². The lowest BCUT2D eigenvalue weighted by atomic mass is 10.1. The number of unbranched alkanes of at least 4 members (excludes halogenated alkanes) is 4. The number of aromatic nitrogens is 1. The molecule has 2 heteroatoms. The maximum absolute atomic E-state index is 2.34. The van der Waals surface area contributed by atoms with Gasteiger partial charge in [0.15, 0.2) is 11.9 Å². The summed E-state index contributed by atoms with van der Waals surface area (Å²) in [5, 5.41) is 0. The fourth-order valence-electron chi connectivity index (χ4n) is 1.70. The average Bonchev–Trinajstić information content (AvgIpc) is 2.20. The third-order valence-corrected chi connectivity index (χ3v) is 2.67. The van der Waals surface area contributed by atoms with Crippen LogP contribution in [0, 0.1) is 6.92 Å². The van der Waals surface area contributed by atoms with Gasteiger partial charge in [-0.3, -0.25) is 0 Å². The highest BCUT2D eigenvalue weighted by Gasteiger charge is 2.02. The third-order valence-electron chi connectivity index (χ3n) is 2.67. The number of aryl methyl sites for hydroxylation is 2. The zero-order valence-electron chi connectivity index (χ0n) is 9.88. The Balaban J connectivity index is 0.00000196. The van der Waals surface area contributed by atoms with Gasteiger partial charge < -0.3 is 4.70 Å². The predicted molar refractivity (Wildman–Crippen MR) is 60.1 cm³/mol. The Morgan fingerprint density at radius 2 is 1.80 bits per heavy atom. The second-order valence-electron chi connectivity index (χ2n) is 3.95. The molecule has 1 rings (SSSR count). The van der Waals surface area contributed by atoms with Crippen molar-refractivity contribution in [3.05, 3.63) is 30.1 Å². The van der Waals surface area contributed by atoms with E-state index in [1.807, 2.05) is 0 Å². The Hall–Kier alpha value is -0.920. The summed E-state index contributed by atoms with van der Waals surface area (Å²) in [6.07, 6.45) is 8.97. The molecule has 0 aliphatic rings. The van der Waals surface area contributed by atoms with E-state index in [2.05, 4.69) is 42.8 Å². The van der Waals surface area contributed by atoms with Gasteiger partial charge in [-0.05, 0) is 6.42 Å². The Bertz CT molecular complexity index is 260. The van der Waals surface area contributed by atoms with Crippen molar-refractivity contribution < 1.29 is 9.27 Å². The lowest BCUT2D eigenvalue weighted by molar-refractivity contribution is -0.703. The van der Waals surface area contributed by atoms with Crippen molar-refractivity contribution in [2.45, 2.75) is 52.5 Å². The highest BCUT2D eigenvalue weighted by molar-refractivity contribution is 4.93. The molecule has 0 saturated carbocycles. The molecule has 0 radical (unpaired) electrons. The largest absolute Gasteiger partial charge is 1.00 e. The molecule has 0 fully saturated rings. The first-order valence-corrected chi connectivity index (χ1v) is 5.79. The zero-order valence-corrected chi connectivity index (χ0v) is 9.88. The van der Waals surface area contributed by atoms with Crippen LogP contribution in [0.15, 0.2) is 24.4 Å². The lowest BCUT2D eigenvalue weighted by Crippen LogP contribution is -3.00. The van der Waals surface area contributed by atoms with E-state index in [0.717, 1.165) is 0 Å². The van der Waals surface area contributed by atoms with E-state index in [9.17, 15) is 0 Å². The van der Waals surface area contributed by atoms with Crippen LogP contribution in [0.4, 0.5) is 0 Å². The van der Waals surface area contributed by atoms with Gasteiger partial charge in [0.25, 0.3) is 0 Å². The predicted octanol–water partition coefficient (Wildman–Crippen LogP) is 0.257. The Labute approximate surface area is 92.5 Å². The minimum Gasteiger partial charge on any atom is -1.00 e. The summed E-state index contributed by atoms with van der Waals surface area (Å²) < 4.78 is 2.34. The smallest absolute Gasteiger partial charge is 0.178 e. The second-order valence-corrected chi connectivity index (χ2v) is 3.95. The number of hydrogen-bond acceptors (Lipinski definition) is 0. The van der Waals surface area contributed by atoms with Gasteiger partial charge in [-0.1, -0.05) is 32.3 Å². The molecule has 0 unspecified atom stereocenters. The molecule has 0 bridgehead atoms. The standard InChI is InChI=1S/C13H22N.FH/c1-3-4-5-6-8-11-14-12-9-7-10-13(14)2;/h7,9-10,12H,3-6,8,11H2,1-2H3;1H/q+1;/p-1. The Morgan fingerprint density at radius 1 is 1.07 bits per heavy atom. The number of halogens is 1. The van der Waals surface area contributed by atoms with Crippen LogP contribution in [0.2, 0.25) is 0 Å². The molecule has 0 amide bonds. The molecule has 1 nitrogen and oxygen atoms in total. The summed E-state index contributed by atoms with van der Waals surface area (Å²) in [6.45, 7) is 5.61. The molecule has 1 aromatic heterocycles. The van der Waals surface area contributed by atoms with Crippen LogP contribution in [0.25, 0.3) is 0 Å². The summed E-state index contributed by atoms with van der Waals surface area (Å²) in [5.41, 5.74) is 1.36. The molecule has 0 spiro atoms. The van der Waals surface area contributed by atoms with Crippen molar-refractivity contribution in [3.8, 4) is 0 Å². The minimum atomic E-state index is 0. The first-order chi connectivity index (χ1) is 6.84. The van der Waals surface area contributed by atoms with Gasteiger partial charge in [-0.25, -0.2) is 4.57 Å². The number of rotatable bonds is 6. The topological polar surface area (TPSA) is 3.88 Å². The molecule has 1 aromatic rings. The fraction of sp³-hybridized carbons (Fsp3) is 0.615. The quantitative estimate of drug-likeness (QED) is 0.469. The first-order valence-electron chi connectivity index (χ1n) is 5.79. The van der Waals surface area contributed by atoms with Gasteiger partial charge in [0.1, 0.15) is 6.54 Å². The monoisotopic (exact) mass is 211 g/mol. The van der Waals surface area contributed by atoms with Crippen molar-refractivity contribution in [3.63, 3.8) is 0 Å². The highest BCUT2D eigenvalue weighted by atomic mass is 19.0. The molecule has 0 aliphatic carbocycles. The van der Waals surface area contributed by atoms with Crippen LogP contribution >= 0.6 is 0 Å². The van der Waals surface area contributed by atoms with Crippen LogP contribution in [0.5, 0.6) is 0 Å². The summed E-state index contributed by atoms with van der Waals surface area (Å²) in [5.74, 6) is 0. The van der Waals surface area contributed by atoms with E-state index in [1.165, 1.54) is 44.3 Å². The summed E-state index contributed by atoms with van der Waals surface area (Å²) >= 11 is 0. The van der Waals surface area contributed by atoms with Crippen LogP contribution in [-0.2, 0) is 6.54 Å². The summed E-state index contributed by atoms with van der Waals surface area (Å²) in [6, 6.07) is 6.38. The third kappa shape index (κ3) is 5.50. The molecule has 0 atom stereocenters. The van der Waals surface area contributed by atoms with Gasteiger partial charge in [-0.2, -0.15) is 0 Å². The molecule has 15 heavy (non-hydrogen) atoms. The van der Waals surface area contributed by atoms with Crippen molar-refractivity contribution in [1.82, 2.24) is 0 Å². The first kappa shape index (κ1) is 14.1. The van der Waals surface area contributed by atoms with Crippen LogP contribution in [-0.4, -0.2) is 0 Å². The second kappa shape index (κ2) is 8.39. The normalized spacial score (nSPS) is 9.73. The van der Waals surface area contributed by atoms with E-state index in [1.54, 1.807) is 0 Å². The Morgan fingerprint density at radius 3 is 2.47 bits per heavy atom. The van der Waals surface area contributed by atoms with Crippen LogP contribution in [0.1, 0.15) is 44.7 Å². The molecule has 0 N–H and O–H groups in total. The van der Waals surface area contributed by atoms with Crippen LogP contribution in [0.3, 0.4) is 0 Å². The molecule has 0 aromatic carbocycles. The number of pyridine rings is 1. The number of hydrogen-bond donors (Lipinski definition) is 0. The molecular formula is C13H22FN. The van der Waals surface area contributed by atoms with E-state index < -0.39 is 0 Å². The van der Waals surface area contributed by atoms with Gasteiger partial charge in [-0.15, -0.1) is 0 Å². The van der Waals surface area contributed by atoms with E-state index in [0.29, 0.717) is 0 Å². The molecule has 0 saturated heterocycles. The van der Waals surface area contributed by atoms with Crippen molar-refractivity contribution >= 4 is 0 Å². The van der Waals surface area contributed by atoms with E-state index in [4.69, 9.17) is 0 Å². The fourth-order valence-corrected chi connectivity index (χ4v) is 1.70. The van der Waals surface area contributed by atoms with Crippen molar-refractivity contribution in [2.24, 2.45) is 0 Å². The summed E-state index contributed by atoms with van der Waals surface area (Å²) in [4.78, 5) is 0. The molecule has 86 valence electrons. The Kier molecular flexibility index (Phi) is 7.88. The van der Waals surface area contributed by atoms with Crippen molar-refractivity contribution in [2.75, 3.05) is 0 Å². The SMILES string of the molecule is CCCCCCC[n+]1ccccc1C.[F-]. The maximum Gasteiger partial charge on any atom is 0.178 e. The van der Waals surface area contributed by atoms with Gasteiger partial charge in [0.2, 0.25) is 0 Å². The molecular weight excluding hydrogens is 189 g/mol. The maximum atomic E-state index is 2.34. The van der Waals surface area contributed by atoms with Gasteiger partial charge in [0, 0.05) is 25.5 Å². The molecule has 1 heterocycles. The lowest BCUT2D eigenvalue weighted by Gasteiger charge is -2.00. The van der Waals surface area contributed by atoms with Gasteiger partial charge >= 0.3 is 0 Å². The van der Waals surface area contributed by atoms with E-state index >= 15 is 0 Å². The van der Waals surface area contributed by atoms with Crippen molar-refractivity contribution in [1.29, 1.82) is 0 Å². The zero-order chi connectivity index (χ0) is 10.2.